The molecule has 0 fully saturated rings. The van der Waals surface area contributed by atoms with Gasteiger partial charge in [0.1, 0.15) is 10.9 Å². The van der Waals surface area contributed by atoms with E-state index < -0.39 is 18.5 Å². The lowest BCUT2D eigenvalue weighted by Crippen LogP contribution is -2.21. The second-order valence-electron chi connectivity index (χ2n) is 3.94. The summed E-state index contributed by atoms with van der Waals surface area (Å²) in [5, 5.41) is 6.17. The first-order valence-corrected chi connectivity index (χ1v) is 6.42. The van der Waals surface area contributed by atoms with Gasteiger partial charge < -0.3 is 14.6 Å². The minimum atomic E-state index is -0.743. The number of nitrogens with zero attached hydrogens (tertiary/aromatic N) is 2. The predicted octanol–water partition coefficient (Wildman–Crippen LogP) is 2.48. The van der Waals surface area contributed by atoms with Gasteiger partial charge in [0.25, 0.3) is 5.91 Å². The second kappa shape index (κ2) is 6.55. The lowest BCUT2D eigenvalue weighted by atomic mass is 10.3. The minimum Gasteiger partial charge on any atom is -0.452 e. The molecule has 0 aliphatic heterocycles. The van der Waals surface area contributed by atoms with Crippen LogP contribution in [0.2, 0.25) is 10.2 Å². The van der Waals surface area contributed by atoms with Crippen LogP contribution in [0.4, 0.5) is 5.82 Å². The fourth-order valence-electron chi connectivity index (χ4n) is 1.35. The Kier molecular flexibility index (Phi) is 4.77. The first-order chi connectivity index (χ1) is 9.95. The van der Waals surface area contributed by atoms with Crippen LogP contribution in [0.15, 0.2) is 22.9 Å². The molecule has 7 nitrogen and oxygen atoms in total. The van der Waals surface area contributed by atoms with Gasteiger partial charge in [-0.15, -0.1) is 0 Å². The number of carbonyl (C=O) groups is 2. The lowest BCUT2D eigenvalue weighted by Gasteiger charge is -2.05. The molecule has 110 valence electrons. The quantitative estimate of drug-likeness (QED) is 0.684. The lowest BCUT2D eigenvalue weighted by molar-refractivity contribution is -0.119. The van der Waals surface area contributed by atoms with E-state index in [0.717, 1.165) is 0 Å². The zero-order chi connectivity index (χ0) is 15.4. The van der Waals surface area contributed by atoms with Crippen LogP contribution in [0.1, 0.15) is 16.1 Å². The van der Waals surface area contributed by atoms with Crippen molar-refractivity contribution < 1.29 is 18.8 Å². The number of anilines is 1. The van der Waals surface area contributed by atoms with E-state index in [1.807, 2.05) is 0 Å². The zero-order valence-electron chi connectivity index (χ0n) is 10.7. The van der Waals surface area contributed by atoms with Crippen molar-refractivity contribution in [2.24, 2.45) is 0 Å². The molecule has 2 rings (SSSR count). The van der Waals surface area contributed by atoms with Crippen molar-refractivity contribution in [2.75, 3.05) is 11.9 Å². The van der Waals surface area contributed by atoms with Crippen molar-refractivity contribution >= 4 is 40.9 Å². The molecule has 2 heterocycles. The average molecular weight is 330 g/mol. The highest BCUT2D eigenvalue weighted by molar-refractivity contribution is 6.41. The van der Waals surface area contributed by atoms with Gasteiger partial charge in [0.2, 0.25) is 0 Å². The molecule has 0 saturated carbocycles. The summed E-state index contributed by atoms with van der Waals surface area (Å²) in [5.74, 6) is -0.508. The van der Waals surface area contributed by atoms with Crippen LogP contribution in [-0.2, 0) is 9.53 Å². The maximum absolute atomic E-state index is 11.7. The highest BCUT2D eigenvalue weighted by Gasteiger charge is 2.13. The van der Waals surface area contributed by atoms with Gasteiger partial charge in [-0.25, -0.2) is 9.78 Å². The normalized spacial score (nSPS) is 10.2. The molecule has 0 spiro atoms. The van der Waals surface area contributed by atoms with E-state index in [0.29, 0.717) is 5.76 Å². The maximum atomic E-state index is 11.7. The number of aryl methyl sites for hydroxylation is 1. The van der Waals surface area contributed by atoms with E-state index in [4.69, 9.17) is 32.5 Å². The molecule has 0 aliphatic carbocycles. The molecule has 2 aromatic rings. The molecule has 0 bridgehead atoms. The van der Waals surface area contributed by atoms with Crippen LogP contribution >= 0.6 is 23.2 Å². The first kappa shape index (κ1) is 15.3. The maximum Gasteiger partial charge on any atom is 0.340 e. The molecule has 1 N–H and O–H groups in total. The molecule has 21 heavy (non-hydrogen) atoms. The van der Waals surface area contributed by atoms with Crippen molar-refractivity contribution in [3.8, 4) is 0 Å². The number of amides is 1. The van der Waals surface area contributed by atoms with E-state index in [9.17, 15) is 9.59 Å². The second-order valence-corrected chi connectivity index (χ2v) is 4.71. The molecule has 9 heteroatoms. The zero-order valence-corrected chi connectivity index (χ0v) is 12.2. The summed E-state index contributed by atoms with van der Waals surface area (Å²) in [6.07, 6.45) is 1.20. The number of carbonyl (C=O) groups excluding carboxylic acids is 2. The number of aromatic nitrogens is 2. The van der Waals surface area contributed by atoms with Gasteiger partial charge in [-0.1, -0.05) is 28.4 Å². The SMILES string of the molecule is Cc1cc(NC(=O)COC(=O)c2cnc(Cl)c(Cl)c2)no1. The van der Waals surface area contributed by atoms with Gasteiger partial charge in [0.15, 0.2) is 12.4 Å². The number of hydrogen-bond donors (Lipinski definition) is 1. The predicted molar refractivity (Wildman–Crippen MR) is 74.4 cm³/mol. The smallest absolute Gasteiger partial charge is 0.340 e. The van der Waals surface area contributed by atoms with Gasteiger partial charge in [-0.3, -0.25) is 4.79 Å². The van der Waals surface area contributed by atoms with Crippen molar-refractivity contribution in [2.45, 2.75) is 6.92 Å². The topological polar surface area (TPSA) is 94.3 Å². The Morgan fingerprint density at radius 2 is 2.14 bits per heavy atom. The Bertz CT molecular complexity index is 687. The van der Waals surface area contributed by atoms with Crippen molar-refractivity contribution in [3.05, 3.63) is 39.8 Å². The van der Waals surface area contributed by atoms with Crippen molar-refractivity contribution in [1.82, 2.24) is 10.1 Å². The van der Waals surface area contributed by atoms with Gasteiger partial charge in [-0.05, 0) is 13.0 Å². The third-order valence-corrected chi connectivity index (χ3v) is 2.95. The van der Waals surface area contributed by atoms with Crippen LogP contribution in [0.25, 0.3) is 0 Å². The highest BCUT2D eigenvalue weighted by Crippen LogP contribution is 2.20. The van der Waals surface area contributed by atoms with E-state index in [1.54, 1.807) is 6.92 Å². The summed E-state index contributed by atoms with van der Waals surface area (Å²) in [5.41, 5.74) is 0.0921. The third kappa shape index (κ3) is 4.17. The van der Waals surface area contributed by atoms with Crippen LogP contribution in [-0.4, -0.2) is 28.6 Å². The standard InChI is InChI=1S/C12H9Cl2N3O4/c1-6-2-9(17-21-6)16-10(18)5-20-12(19)7-3-8(13)11(14)15-4-7/h2-4H,5H2,1H3,(H,16,17,18). The molecule has 0 aliphatic rings. The highest BCUT2D eigenvalue weighted by atomic mass is 35.5. The summed E-state index contributed by atoms with van der Waals surface area (Å²) in [4.78, 5) is 26.9. The molecule has 1 amide bonds. The number of halogens is 2. The Morgan fingerprint density at radius 1 is 1.38 bits per heavy atom. The van der Waals surface area contributed by atoms with E-state index in [2.05, 4.69) is 15.5 Å². The Hall–Kier alpha value is -2.12. The Labute approximate surface area is 129 Å². The molecule has 0 unspecified atom stereocenters. The molecule has 0 saturated heterocycles. The number of esters is 1. The largest absolute Gasteiger partial charge is 0.452 e. The molecule has 0 atom stereocenters. The molecule has 0 aromatic carbocycles. The van der Waals surface area contributed by atoms with E-state index >= 15 is 0 Å². The third-order valence-electron chi connectivity index (χ3n) is 2.26. The fourth-order valence-corrected chi connectivity index (χ4v) is 1.62. The van der Waals surface area contributed by atoms with Gasteiger partial charge in [0, 0.05) is 12.3 Å². The monoisotopic (exact) mass is 329 g/mol. The Balaban J connectivity index is 1.88. The molecule has 2 aromatic heterocycles. The number of pyridine rings is 1. The van der Waals surface area contributed by atoms with Gasteiger partial charge in [-0.2, -0.15) is 0 Å². The fraction of sp³-hybridized carbons (Fsp3) is 0.167. The van der Waals surface area contributed by atoms with E-state index in [1.165, 1.54) is 18.3 Å². The van der Waals surface area contributed by atoms with Gasteiger partial charge >= 0.3 is 5.97 Å². The van der Waals surface area contributed by atoms with Gasteiger partial charge in [0.05, 0.1) is 10.6 Å². The number of hydrogen-bond acceptors (Lipinski definition) is 6. The summed E-state index contributed by atoms with van der Waals surface area (Å²) < 4.78 is 9.59. The number of ether oxygens (including phenoxy) is 1. The number of nitrogens with one attached hydrogen (secondary N) is 1. The van der Waals surface area contributed by atoms with Crippen molar-refractivity contribution in [1.29, 1.82) is 0 Å². The average Bonchev–Trinajstić information content (AvgIpc) is 2.84. The molecular formula is C12H9Cl2N3O4. The Morgan fingerprint density at radius 3 is 2.76 bits per heavy atom. The number of rotatable bonds is 4. The minimum absolute atomic E-state index is 0.0763. The van der Waals surface area contributed by atoms with Crippen LogP contribution < -0.4 is 5.32 Å². The molecule has 0 radical (unpaired) electrons. The van der Waals surface area contributed by atoms with Crippen LogP contribution in [0.3, 0.4) is 0 Å². The summed E-state index contributed by atoms with van der Waals surface area (Å²) in [6, 6.07) is 2.83. The molecular weight excluding hydrogens is 321 g/mol. The summed E-state index contributed by atoms with van der Waals surface area (Å²) in [7, 11) is 0. The van der Waals surface area contributed by atoms with Crippen LogP contribution in [0.5, 0.6) is 0 Å². The summed E-state index contributed by atoms with van der Waals surface area (Å²) >= 11 is 11.4. The van der Waals surface area contributed by atoms with Crippen molar-refractivity contribution in [3.63, 3.8) is 0 Å². The first-order valence-electron chi connectivity index (χ1n) is 5.67. The van der Waals surface area contributed by atoms with Crippen LogP contribution in [0, 0.1) is 6.92 Å². The van der Waals surface area contributed by atoms with E-state index in [-0.39, 0.29) is 21.6 Å². The summed E-state index contributed by atoms with van der Waals surface area (Å²) in [6.45, 7) is 1.20.